The second kappa shape index (κ2) is 4.84. The van der Waals surface area contributed by atoms with Crippen molar-refractivity contribution in [3.05, 3.63) is 28.5 Å². The van der Waals surface area contributed by atoms with E-state index in [2.05, 4.69) is 15.9 Å². The first-order chi connectivity index (χ1) is 9.50. The maximum absolute atomic E-state index is 13.2. The van der Waals surface area contributed by atoms with Crippen molar-refractivity contribution in [2.45, 2.75) is 31.8 Å². The van der Waals surface area contributed by atoms with Gasteiger partial charge in [-0.15, -0.1) is 0 Å². The minimum absolute atomic E-state index is 0.0386. The van der Waals surface area contributed by atoms with Gasteiger partial charge in [0, 0.05) is 11.0 Å². The Labute approximate surface area is 124 Å². The number of rotatable bonds is 1. The molecule has 2 heterocycles. The molecule has 106 valence electrons. The van der Waals surface area contributed by atoms with Gasteiger partial charge in [-0.1, -0.05) is 0 Å². The molecule has 2 atom stereocenters. The molecule has 2 aliphatic rings. The lowest BCUT2D eigenvalue weighted by Crippen LogP contribution is -2.62. The SMILES string of the molecule is CC1C(=O)N2CCCC2C(=O)N1c1ccc(F)cc1Br. The Morgan fingerprint density at radius 3 is 2.75 bits per heavy atom. The predicted molar refractivity (Wildman–Crippen MR) is 75.8 cm³/mol. The van der Waals surface area contributed by atoms with Gasteiger partial charge in [0.05, 0.1) is 5.69 Å². The van der Waals surface area contributed by atoms with Crippen LogP contribution in [0.4, 0.5) is 10.1 Å². The van der Waals surface area contributed by atoms with E-state index in [0.29, 0.717) is 23.1 Å². The smallest absolute Gasteiger partial charge is 0.250 e. The molecule has 1 aromatic rings. The first-order valence-electron chi connectivity index (χ1n) is 6.59. The normalized spacial score (nSPS) is 26.1. The molecule has 4 nitrogen and oxygen atoms in total. The molecule has 0 radical (unpaired) electrons. The summed E-state index contributed by atoms with van der Waals surface area (Å²) < 4.78 is 13.7. The summed E-state index contributed by atoms with van der Waals surface area (Å²) in [5.74, 6) is -0.503. The van der Waals surface area contributed by atoms with Crippen LogP contribution in [0.3, 0.4) is 0 Å². The van der Waals surface area contributed by atoms with Crippen molar-refractivity contribution in [1.29, 1.82) is 0 Å². The monoisotopic (exact) mass is 340 g/mol. The molecule has 0 spiro atoms. The van der Waals surface area contributed by atoms with E-state index in [1.54, 1.807) is 11.8 Å². The summed E-state index contributed by atoms with van der Waals surface area (Å²) in [5, 5.41) is 0. The Bertz CT molecular complexity index is 593. The van der Waals surface area contributed by atoms with E-state index in [0.717, 1.165) is 6.42 Å². The summed E-state index contributed by atoms with van der Waals surface area (Å²) in [4.78, 5) is 28.1. The molecule has 0 N–H and O–H groups in total. The van der Waals surface area contributed by atoms with Crippen molar-refractivity contribution in [3.8, 4) is 0 Å². The van der Waals surface area contributed by atoms with Crippen LogP contribution in [0, 0.1) is 5.82 Å². The minimum atomic E-state index is -0.557. The fourth-order valence-corrected chi connectivity index (χ4v) is 3.53. The Balaban J connectivity index is 2.03. The zero-order chi connectivity index (χ0) is 14.4. The van der Waals surface area contributed by atoms with Crippen LogP contribution < -0.4 is 4.90 Å². The number of benzene rings is 1. The summed E-state index contributed by atoms with van der Waals surface area (Å²) in [6, 6.07) is 3.22. The molecule has 3 rings (SSSR count). The van der Waals surface area contributed by atoms with Crippen molar-refractivity contribution in [2.75, 3.05) is 11.4 Å². The molecule has 0 aliphatic carbocycles. The van der Waals surface area contributed by atoms with Gasteiger partial charge in [-0.2, -0.15) is 0 Å². The van der Waals surface area contributed by atoms with Gasteiger partial charge in [-0.25, -0.2) is 4.39 Å². The number of anilines is 1. The average molecular weight is 341 g/mol. The van der Waals surface area contributed by atoms with Gasteiger partial charge >= 0.3 is 0 Å². The Hall–Kier alpha value is -1.43. The highest BCUT2D eigenvalue weighted by Crippen LogP contribution is 2.34. The fourth-order valence-electron chi connectivity index (χ4n) is 2.99. The molecular weight excluding hydrogens is 327 g/mol. The summed E-state index contributed by atoms with van der Waals surface area (Å²) in [5.41, 5.74) is 0.545. The maximum Gasteiger partial charge on any atom is 0.250 e. The quantitative estimate of drug-likeness (QED) is 0.787. The van der Waals surface area contributed by atoms with E-state index in [9.17, 15) is 14.0 Å². The van der Waals surface area contributed by atoms with Crippen LogP contribution in [0.1, 0.15) is 19.8 Å². The molecule has 2 fully saturated rings. The van der Waals surface area contributed by atoms with Crippen LogP contribution in [0.2, 0.25) is 0 Å². The summed E-state index contributed by atoms with van der Waals surface area (Å²) >= 11 is 3.27. The standard InChI is InChI=1S/C14H14BrFN2O2/c1-8-13(19)17-6-2-3-12(17)14(20)18(8)11-5-4-9(16)7-10(11)15/h4-5,7-8,12H,2-3,6H2,1H3. The zero-order valence-corrected chi connectivity index (χ0v) is 12.6. The van der Waals surface area contributed by atoms with Gasteiger partial charge in [0.1, 0.15) is 17.9 Å². The second-order valence-electron chi connectivity index (χ2n) is 5.17. The number of carbonyl (C=O) groups is 2. The molecule has 1 aromatic carbocycles. The minimum Gasteiger partial charge on any atom is -0.329 e. The van der Waals surface area contributed by atoms with E-state index >= 15 is 0 Å². The van der Waals surface area contributed by atoms with Crippen LogP contribution in [-0.2, 0) is 9.59 Å². The Morgan fingerprint density at radius 2 is 2.05 bits per heavy atom. The van der Waals surface area contributed by atoms with Crippen molar-refractivity contribution < 1.29 is 14.0 Å². The van der Waals surface area contributed by atoms with Crippen LogP contribution in [0.5, 0.6) is 0 Å². The van der Waals surface area contributed by atoms with Crippen molar-refractivity contribution in [3.63, 3.8) is 0 Å². The first-order valence-corrected chi connectivity index (χ1v) is 7.38. The lowest BCUT2D eigenvalue weighted by Gasteiger charge is -2.41. The third-order valence-corrected chi connectivity index (χ3v) is 4.61. The van der Waals surface area contributed by atoms with Crippen LogP contribution >= 0.6 is 15.9 Å². The van der Waals surface area contributed by atoms with Crippen molar-refractivity contribution in [2.24, 2.45) is 0 Å². The number of carbonyl (C=O) groups excluding carboxylic acids is 2. The van der Waals surface area contributed by atoms with Gasteiger partial charge in [-0.05, 0) is 53.9 Å². The van der Waals surface area contributed by atoms with Gasteiger partial charge in [0.2, 0.25) is 5.91 Å². The van der Waals surface area contributed by atoms with E-state index in [1.165, 1.54) is 23.1 Å². The van der Waals surface area contributed by atoms with E-state index in [-0.39, 0.29) is 23.7 Å². The van der Waals surface area contributed by atoms with Crippen LogP contribution in [0.25, 0.3) is 0 Å². The molecule has 6 heteroatoms. The third kappa shape index (κ3) is 1.93. The predicted octanol–water partition coefficient (Wildman–Crippen LogP) is 2.31. The molecule has 2 aliphatic heterocycles. The third-order valence-electron chi connectivity index (χ3n) is 3.97. The molecule has 0 aromatic heterocycles. The molecule has 0 bridgehead atoms. The number of amides is 2. The highest BCUT2D eigenvalue weighted by atomic mass is 79.9. The fraction of sp³-hybridized carbons (Fsp3) is 0.429. The number of hydrogen-bond donors (Lipinski definition) is 0. The van der Waals surface area contributed by atoms with Crippen molar-refractivity contribution in [1.82, 2.24) is 4.90 Å². The summed E-state index contributed by atoms with van der Waals surface area (Å²) in [6.07, 6.45) is 1.56. The number of piperazine rings is 1. The highest BCUT2D eigenvalue weighted by Gasteiger charge is 2.46. The first kappa shape index (κ1) is 13.5. The molecule has 20 heavy (non-hydrogen) atoms. The van der Waals surface area contributed by atoms with Gasteiger partial charge in [0.25, 0.3) is 5.91 Å². The topological polar surface area (TPSA) is 40.6 Å². The van der Waals surface area contributed by atoms with Crippen LogP contribution in [0.15, 0.2) is 22.7 Å². The largest absolute Gasteiger partial charge is 0.329 e. The summed E-state index contributed by atoms with van der Waals surface area (Å²) in [7, 11) is 0. The van der Waals surface area contributed by atoms with Crippen LogP contribution in [-0.4, -0.2) is 35.3 Å². The van der Waals surface area contributed by atoms with E-state index < -0.39 is 6.04 Å². The molecular formula is C14H14BrFN2O2. The average Bonchev–Trinajstić information content (AvgIpc) is 2.88. The lowest BCUT2D eigenvalue weighted by molar-refractivity contribution is -0.143. The molecule has 2 saturated heterocycles. The van der Waals surface area contributed by atoms with E-state index in [4.69, 9.17) is 0 Å². The maximum atomic E-state index is 13.2. The Kier molecular flexibility index (Phi) is 3.28. The van der Waals surface area contributed by atoms with Gasteiger partial charge < -0.3 is 4.90 Å². The van der Waals surface area contributed by atoms with Crippen molar-refractivity contribution >= 4 is 33.4 Å². The lowest BCUT2D eigenvalue weighted by atomic mass is 10.1. The van der Waals surface area contributed by atoms with E-state index in [1.807, 2.05) is 0 Å². The van der Waals surface area contributed by atoms with Gasteiger partial charge in [0.15, 0.2) is 0 Å². The molecule has 0 saturated carbocycles. The summed E-state index contributed by atoms with van der Waals surface area (Å²) in [6.45, 7) is 2.36. The molecule has 2 unspecified atom stereocenters. The number of nitrogens with zero attached hydrogens (tertiary/aromatic N) is 2. The Morgan fingerprint density at radius 1 is 1.30 bits per heavy atom. The number of halogens is 2. The number of fused-ring (bicyclic) bond motifs is 1. The molecule has 2 amide bonds. The van der Waals surface area contributed by atoms with Gasteiger partial charge in [-0.3, -0.25) is 14.5 Å². The highest BCUT2D eigenvalue weighted by molar-refractivity contribution is 9.10. The number of hydrogen-bond acceptors (Lipinski definition) is 2. The zero-order valence-electron chi connectivity index (χ0n) is 11.0. The second-order valence-corrected chi connectivity index (χ2v) is 6.02.